The Hall–Kier alpha value is -4.31. The number of hydrogen-bond donors (Lipinski definition) is 1. The molecule has 4 aromatic heterocycles. The van der Waals surface area contributed by atoms with Crippen molar-refractivity contribution >= 4 is 28.9 Å². The van der Waals surface area contributed by atoms with E-state index in [4.69, 9.17) is 16.6 Å². The van der Waals surface area contributed by atoms with Crippen LogP contribution in [0.5, 0.6) is 0 Å². The van der Waals surface area contributed by atoms with Gasteiger partial charge in [-0.05, 0) is 24.7 Å². The number of aromatic amines is 1. The van der Waals surface area contributed by atoms with Crippen molar-refractivity contribution in [1.29, 1.82) is 0 Å². The van der Waals surface area contributed by atoms with Gasteiger partial charge >= 0.3 is 0 Å². The molecule has 1 N–H and O–H groups in total. The van der Waals surface area contributed by atoms with Gasteiger partial charge < -0.3 is 4.42 Å². The monoisotopic (exact) mass is 438 g/mol. The first-order chi connectivity index (χ1) is 15.7. The van der Waals surface area contributed by atoms with Gasteiger partial charge in [-0.15, -0.1) is 30.6 Å². The van der Waals surface area contributed by atoms with Gasteiger partial charge in [0.2, 0.25) is 5.65 Å². The molecule has 154 valence electrons. The summed E-state index contributed by atoms with van der Waals surface area (Å²) in [6, 6.07) is 20.0. The van der Waals surface area contributed by atoms with Gasteiger partial charge in [0, 0.05) is 11.1 Å². The third-order valence-electron chi connectivity index (χ3n) is 5.23. The van der Waals surface area contributed by atoms with Crippen molar-refractivity contribution in [3.63, 3.8) is 0 Å². The van der Waals surface area contributed by atoms with Crippen LogP contribution in [0.3, 0.4) is 0 Å². The molecule has 9 nitrogen and oxygen atoms in total. The number of aryl methyl sites for hydroxylation is 1. The molecular formula is C22H14N8OS. The Morgan fingerprint density at radius 3 is 2.22 bits per heavy atom. The maximum absolute atomic E-state index is 5.42. The van der Waals surface area contributed by atoms with Gasteiger partial charge in [0.25, 0.3) is 10.7 Å². The maximum atomic E-state index is 5.42. The predicted octanol–water partition coefficient (Wildman–Crippen LogP) is 4.42. The molecule has 32 heavy (non-hydrogen) atoms. The lowest BCUT2D eigenvalue weighted by Gasteiger charge is -2.09. The summed E-state index contributed by atoms with van der Waals surface area (Å²) in [5.74, 6) is 0.251. The molecular weight excluding hydrogens is 424 g/mol. The molecule has 0 aliphatic rings. The van der Waals surface area contributed by atoms with Crippen LogP contribution in [0.4, 0.5) is 0 Å². The first-order valence-corrected chi connectivity index (χ1v) is 10.2. The second-order valence-electron chi connectivity index (χ2n) is 7.14. The Morgan fingerprint density at radius 2 is 1.53 bits per heavy atom. The van der Waals surface area contributed by atoms with Gasteiger partial charge in [0.05, 0.1) is 11.1 Å². The number of aromatic nitrogens is 8. The summed E-state index contributed by atoms with van der Waals surface area (Å²) in [4.78, 5) is 0.164. The zero-order chi connectivity index (χ0) is 21.7. The molecule has 0 amide bonds. The van der Waals surface area contributed by atoms with Gasteiger partial charge in [0.1, 0.15) is 5.69 Å². The van der Waals surface area contributed by atoms with Gasteiger partial charge in [-0.2, -0.15) is 0 Å². The molecule has 2 aromatic carbocycles. The third kappa shape index (κ3) is 2.81. The van der Waals surface area contributed by atoms with Crippen molar-refractivity contribution in [3.05, 3.63) is 71.2 Å². The summed E-state index contributed by atoms with van der Waals surface area (Å²) in [6.07, 6.45) is 0. The van der Waals surface area contributed by atoms with E-state index in [1.54, 1.807) is 4.52 Å². The lowest BCUT2D eigenvalue weighted by Crippen LogP contribution is -2.02. The highest BCUT2D eigenvalue weighted by molar-refractivity contribution is 7.71. The van der Waals surface area contributed by atoms with Crippen LogP contribution in [-0.2, 0) is 0 Å². The van der Waals surface area contributed by atoms with Crippen LogP contribution < -0.4 is 0 Å². The molecule has 0 fully saturated rings. The fourth-order valence-corrected chi connectivity index (χ4v) is 3.89. The Morgan fingerprint density at radius 1 is 0.844 bits per heavy atom. The fourth-order valence-electron chi connectivity index (χ4n) is 3.77. The molecule has 0 unspecified atom stereocenters. The fraction of sp³-hybridized carbons (Fsp3) is 0.0455. The van der Waals surface area contributed by atoms with Crippen LogP contribution in [0.15, 0.2) is 65.1 Å². The number of hydrogen-bond acceptors (Lipinski definition) is 8. The van der Waals surface area contributed by atoms with Gasteiger partial charge in [-0.1, -0.05) is 60.7 Å². The summed E-state index contributed by atoms with van der Waals surface area (Å²) in [6.45, 7) is 1.86. The van der Waals surface area contributed by atoms with Crippen LogP contribution >= 0.6 is 12.2 Å². The summed E-state index contributed by atoms with van der Waals surface area (Å²) in [5.41, 5.74) is 5.77. The second kappa shape index (κ2) is 7.13. The normalized spacial score (nSPS) is 11.4. The summed E-state index contributed by atoms with van der Waals surface area (Å²) in [5, 5.41) is 29.9. The largest absolute Gasteiger partial charge is 0.408 e. The lowest BCUT2D eigenvalue weighted by atomic mass is 9.97. The minimum Gasteiger partial charge on any atom is -0.408 e. The zero-order valence-electron chi connectivity index (χ0n) is 16.7. The van der Waals surface area contributed by atoms with E-state index in [1.165, 1.54) is 0 Å². The molecule has 6 rings (SSSR count). The highest BCUT2D eigenvalue weighted by atomic mass is 32.1. The van der Waals surface area contributed by atoms with Crippen LogP contribution in [0, 0.1) is 11.8 Å². The first kappa shape index (κ1) is 18.5. The van der Waals surface area contributed by atoms with E-state index in [0.29, 0.717) is 22.7 Å². The number of nitrogens with one attached hydrogen (secondary N) is 1. The SMILES string of the molecule is Cc1c(-c2n[nH]c(=S)o2)nnc2c3c(-c4ccccc4)c(-c4ccccc4)nnc3nn12. The molecule has 0 saturated carbocycles. The van der Waals surface area contributed by atoms with Crippen molar-refractivity contribution in [2.24, 2.45) is 0 Å². The van der Waals surface area contributed by atoms with Crippen LogP contribution in [0.1, 0.15) is 5.69 Å². The Bertz CT molecular complexity index is 1650. The van der Waals surface area contributed by atoms with Crippen LogP contribution in [-0.4, -0.2) is 40.2 Å². The van der Waals surface area contributed by atoms with Crippen LogP contribution in [0.2, 0.25) is 0 Å². The lowest BCUT2D eigenvalue weighted by molar-refractivity contribution is 0.547. The van der Waals surface area contributed by atoms with E-state index in [1.807, 2.05) is 67.6 Å². The van der Waals surface area contributed by atoms with Crippen molar-refractivity contribution in [3.8, 4) is 34.0 Å². The number of benzene rings is 2. The summed E-state index contributed by atoms with van der Waals surface area (Å²) in [7, 11) is 0. The molecule has 4 heterocycles. The summed E-state index contributed by atoms with van der Waals surface area (Å²) < 4.78 is 7.11. The molecule has 0 aliphatic heterocycles. The maximum Gasteiger partial charge on any atom is 0.284 e. The number of nitrogens with zero attached hydrogens (tertiary/aromatic N) is 7. The zero-order valence-corrected chi connectivity index (χ0v) is 17.5. The van der Waals surface area contributed by atoms with Gasteiger partial charge in [-0.25, -0.2) is 9.61 Å². The third-order valence-corrected chi connectivity index (χ3v) is 5.40. The van der Waals surface area contributed by atoms with Crippen molar-refractivity contribution in [2.75, 3.05) is 0 Å². The minimum absolute atomic E-state index is 0.164. The second-order valence-corrected chi connectivity index (χ2v) is 7.51. The molecule has 0 aliphatic carbocycles. The number of rotatable bonds is 3. The average Bonchev–Trinajstić information content (AvgIpc) is 3.44. The van der Waals surface area contributed by atoms with Crippen LogP contribution in [0.25, 0.3) is 50.6 Å². The standard InChI is InChI=1S/C22H14N8OS/c1-12-17(21-27-28-22(32)31-21)23-26-20-16-15(13-8-4-2-5-9-13)18(14-10-6-3-7-11-14)24-25-19(16)29-30(12)20/h2-11H,1H3,(H,28,32). The van der Waals surface area contributed by atoms with Crippen molar-refractivity contribution in [2.45, 2.75) is 6.92 Å². The predicted molar refractivity (Wildman–Crippen MR) is 120 cm³/mol. The van der Waals surface area contributed by atoms with E-state index in [2.05, 4.69) is 35.7 Å². The molecule has 0 radical (unpaired) electrons. The van der Waals surface area contributed by atoms with E-state index in [-0.39, 0.29) is 10.7 Å². The Kier molecular flexibility index (Phi) is 4.12. The first-order valence-electron chi connectivity index (χ1n) is 9.80. The van der Waals surface area contributed by atoms with E-state index in [9.17, 15) is 0 Å². The quantitative estimate of drug-likeness (QED) is 0.404. The summed E-state index contributed by atoms with van der Waals surface area (Å²) >= 11 is 4.98. The Labute approximate surface area is 185 Å². The average molecular weight is 438 g/mol. The van der Waals surface area contributed by atoms with E-state index >= 15 is 0 Å². The molecule has 0 saturated heterocycles. The highest BCUT2D eigenvalue weighted by Gasteiger charge is 2.23. The molecule has 10 heteroatoms. The highest BCUT2D eigenvalue weighted by Crippen LogP contribution is 2.37. The molecule has 0 bridgehead atoms. The smallest absolute Gasteiger partial charge is 0.284 e. The molecule has 0 spiro atoms. The van der Waals surface area contributed by atoms with Crippen molar-refractivity contribution in [1.82, 2.24) is 40.2 Å². The van der Waals surface area contributed by atoms with Gasteiger partial charge in [-0.3, -0.25) is 0 Å². The topological polar surface area (TPSA) is 111 Å². The number of H-pyrrole nitrogens is 1. The molecule has 0 atom stereocenters. The van der Waals surface area contributed by atoms with Gasteiger partial charge in [0.15, 0.2) is 11.3 Å². The van der Waals surface area contributed by atoms with E-state index in [0.717, 1.165) is 27.8 Å². The number of fused-ring (bicyclic) bond motifs is 3. The minimum atomic E-state index is 0.164. The van der Waals surface area contributed by atoms with E-state index < -0.39 is 0 Å². The molecule has 6 aromatic rings. The van der Waals surface area contributed by atoms with Crippen molar-refractivity contribution < 1.29 is 4.42 Å². The Balaban J connectivity index is 1.71.